The lowest BCUT2D eigenvalue weighted by Gasteiger charge is -2.17. The molecular weight excluding hydrogens is 270 g/mol. The number of hydrogen-bond donors (Lipinski definition) is 4. The lowest BCUT2D eigenvalue weighted by Crippen LogP contribution is -2.36. The second-order valence-electron chi connectivity index (χ2n) is 4.41. The molecule has 9 nitrogen and oxygen atoms in total. The van der Waals surface area contributed by atoms with Gasteiger partial charge in [0.25, 0.3) is 0 Å². The van der Waals surface area contributed by atoms with Crippen LogP contribution in [0.2, 0.25) is 0 Å². The van der Waals surface area contributed by atoms with Crippen molar-refractivity contribution < 1.29 is 24.9 Å². The summed E-state index contributed by atoms with van der Waals surface area (Å²) in [6.45, 7) is 0.792. The molecular formula is C11H15N3O6. The molecule has 1 aliphatic rings. The smallest absolute Gasteiger partial charge is 0.351 e. The van der Waals surface area contributed by atoms with Crippen LogP contribution in [0.1, 0.15) is 13.2 Å². The minimum Gasteiger partial charge on any atom is -0.394 e. The van der Waals surface area contributed by atoms with Crippen LogP contribution in [-0.4, -0.2) is 55.7 Å². The van der Waals surface area contributed by atoms with Gasteiger partial charge in [-0.05, 0) is 6.07 Å². The van der Waals surface area contributed by atoms with E-state index in [1.807, 2.05) is 0 Å². The molecule has 4 N–H and O–H groups in total. The largest absolute Gasteiger partial charge is 0.394 e. The van der Waals surface area contributed by atoms with Crippen molar-refractivity contribution in [3.8, 4) is 0 Å². The number of carbonyl (C=O) groups excluding carboxylic acids is 1. The van der Waals surface area contributed by atoms with Gasteiger partial charge in [-0.3, -0.25) is 9.36 Å². The zero-order valence-corrected chi connectivity index (χ0v) is 10.6. The summed E-state index contributed by atoms with van der Waals surface area (Å²) in [5.41, 5.74) is -0.758. The molecule has 1 aromatic heterocycles. The first-order chi connectivity index (χ1) is 9.43. The van der Waals surface area contributed by atoms with Gasteiger partial charge in [-0.15, -0.1) is 0 Å². The van der Waals surface area contributed by atoms with Crippen LogP contribution in [0.25, 0.3) is 0 Å². The molecule has 1 amide bonds. The number of nitrogens with zero attached hydrogens (tertiary/aromatic N) is 2. The maximum atomic E-state index is 11.8. The van der Waals surface area contributed by atoms with E-state index in [-0.39, 0.29) is 11.7 Å². The molecule has 1 fully saturated rings. The summed E-state index contributed by atoms with van der Waals surface area (Å²) in [7, 11) is 0. The van der Waals surface area contributed by atoms with Crippen molar-refractivity contribution in [1.29, 1.82) is 0 Å². The second-order valence-corrected chi connectivity index (χ2v) is 4.41. The van der Waals surface area contributed by atoms with Crippen molar-refractivity contribution in [3.63, 3.8) is 0 Å². The highest BCUT2D eigenvalue weighted by molar-refractivity contribution is 5.87. The van der Waals surface area contributed by atoms with E-state index < -0.39 is 36.8 Å². The standard InChI is InChI=1S/C11H15N3O6/c1-5(16)12-7-2-3-14(11(19)13-7)10-9(18)8(17)6(4-15)20-10/h2-3,6,8-10,15,17-18H,4H2,1H3,(H,12,13,16,19)/t6-,8-,9+,10-/m1/s1. The number of aromatic nitrogens is 2. The van der Waals surface area contributed by atoms with Crippen molar-refractivity contribution in [2.45, 2.75) is 31.5 Å². The minimum absolute atomic E-state index is 0.0745. The second kappa shape index (κ2) is 5.67. The predicted molar refractivity (Wildman–Crippen MR) is 65.8 cm³/mol. The maximum Gasteiger partial charge on any atom is 0.351 e. The summed E-state index contributed by atoms with van der Waals surface area (Å²) in [5.74, 6) is -0.298. The van der Waals surface area contributed by atoms with Gasteiger partial charge in [-0.1, -0.05) is 0 Å². The first-order valence-electron chi connectivity index (χ1n) is 5.93. The third-order valence-electron chi connectivity index (χ3n) is 2.93. The molecule has 0 saturated carbocycles. The van der Waals surface area contributed by atoms with Crippen molar-refractivity contribution in [3.05, 3.63) is 22.7 Å². The summed E-state index contributed by atoms with van der Waals surface area (Å²) >= 11 is 0. The maximum absolute atomic E-state index is 11.8. The van der Waals surface area contributed by atoms with Crippen LogP contribution >= 0.6 is 0 Å². The average molecular weight is 285 g/mol. The Morgan fingerprint density at radius 1 is 1.50 bits per heavy atom. The van der Waals surface area contributed by atoms with E-state index >= 15 is 0 Å². The number of aliphatic hydroxyl groups is 3. The third-order valence-corrected chi connectivity index (χ3v) is 2.93. The van der Waals surface area contributed by atoms with Gasteiger partial charge in [-0.25, -0.2) is 4.79 Å². The van der Waals surface area contributed by atoms with E-state index in [2.05, 4.69) is 10.3 Å². The van der Waals surface area contributed by atoms with Crippen molar-refractivity contribution in [2.24, 2.45) is 0 Å². The molecule has 0 aliphatic carbocycles. The Bertz CT molecular complexity index is 559. The Balaban J connectivity index is 2.26. The quantitative estimate of drug-likeness (QED) is 0.495. The van der Waals surface area contributed by atoms with E-state index in [0.717, 1.165) is 4.57 Å². The van der Waals surface area contributed by atoms with Crippen LogP contribution < -0.4 is 11.0 Å². The molecule has 0 bridgehead atoms. The van der Waals surface area contributed by atoms with Crippen LogP contribution in [0, 0.1) is 0 Å². The summed E-state index contributed by atoms with van der Waals surface area (Å²) < 4.78 is 6.19. The zero-order chi connectivity index (χ0) is 14.9. The molecule has 0 radical (unpaired) electrons. The molecule has 1 aromatic rings. The van der Waals surface area contributed by atoms with Crippen molar-refractivity contribution >= 4 is 11.7 Å². The summed E-state index contributed by atoms with van der Waals surface area (Å²) in [6.07, 6.45) is -3.50. The van der Waals surface area contributed by atoms with Crippen LogP contribution in [0.5, 0.6) is 0 Å². The highest BCUT2D eigenvalue weighted by atomic mass is 16.6. The SMILES string of the molecule is CC(=O)Nc1ccn([C@@H]2O[C@H](CO)[C@@H](O)[C@@H]2O)c(=O)n1. The molecule has 1 aliphatic heterocycles. The molecule has 20 heavy (non-hydrogen) atoms. The fourth-order valence-electron chi connectivity index (χ4n) is 1.97. The Kier molecular flexibility index (Phi) is 4.14. The van der Waals surface area contributed by atoms with Crippen LogP contribution in [0.3, 0.4) is 0 Å². The summed E-state index contributed by atoms with van der Waals surface area (Å²) in [4.78, 5) is 26.3. The van der Waals surface area contributed by atoms with E-state index in [1.54, 1.807) is 0 Å². The lowest BCUT2D eigenvalue weighted by atomic mass is 10.1. The molecule has 4 atom stereocenters. The first kappa shape index (κ1) is 14.6. The van der Waals surface area contributed by atoms with Gasteiger partial charge in [0.05, 0.1) is 6.61 Å². The number of nitrogens with one attached hydrogen (secondary N) is 1. The Morgan fingerprint density at radius 3 is 2.70 bits per heavy atom. The number of amides is 1. The number of hydrogen-bond acceptors (Lipinski definition) is 7. The van der Waals surface area contributed by atoms with Crippen LogP contribution in [0.4, 0.5) is 5.82 Å². The van der Waals surface area contributed by atoms with E-state index in [1.165, 1.54) is 19.2 Å². The highest BCUT2D eigenvalue weighted by Gasteiger charge is 2.43. The van der Waals surface area contributed by atoms with E-state index in [9.17, 15) is 19.8 Å². The van der Waals surface area contributed by atoms with Crippen molar-refractivity contribution in [1.82, 2.24) is 9.55 Å². The normalized spacial score (nSPS) is 29.4. The van der Waals surface area contributed by atoms with Gasteiger partial charge in [0.15, 0.2) is 6.23 Å². The molecule has 110 valence electrons. The Morgan fingerprint density at radius 2 is 2.20 bits per heavy atom. The molecule has 0 spiro atoms. The zero-order valence-electron chi connectivity index (χ0n) is 10.6. The van der Waals surface area contributed by atoms with Crippen LogP contribution in [0.15, 0.2) is 17.1 Å². The molecule has 1 saturated heterocycles. The van der Waals surface area contributed by atoms with Crippen molar-refractivity contribution in [2.75, 3.05) is 11.9 Å². The van der Waals surface area contributed by atoms with Crippen LogP contribution in [-0.2, 0) is 9.53 Å². The van der Waals surface area contributed by atoms with Gasteiger partial charge in [0.2, 0.25) is 5.91 Å². The van der Waals surface area contributed by atoms with E-state index in [4.69, 9.17) is 9.84 Å². The minimum atomic E-state index is -1.36. The molecule has 0 aromatic carbocycles. The first-order valence-corrected chi connectivity index (χ1v) is 5.93. The predicted octanol–water partition coefficient (Wildman–Crippen LogP) is -2.19. The van der Waals surface area contributed by atoms with Gasteiger partial charge in [-0.2, -0.15) is 4.98 Å². The van der Waals surface area contributed by atoms with Gasteiger partial charge < -0.3 is 25.4 Å². The summed E-state index contributed by atoms with van der Waals surface area (Å²) in [6, 6.07) is 1.36. The number of ether oxygens (including phenoxy) is 1. The Hall–Kier alpha value is -1.81. The summed E-state index contributed by atoms with van der Waals surface area (Å²) in [5, 5.41) is 30.8. The molecule has 0 unspecified atom stereocenters. The van der Waals surface area contributed by atoms with Gasteiger partial charge in [0.1, 0.15) is 24.1 Å². The third kappa shape index (κ3) is 2.70. The fourth-order valence-corrected chi connectivity index (χ4v) is 1.97. The number of rotatable bonds is 3. The highest BCUT2D eigenvalue weighted by Crippen LogP contribution is 2.27. The topological polar surface area (TPSA) is 134 Å². The fraction of sp³-hybridized carbons (Fsp3) is 0.545. The number of carbonyl (C=O) groups is 1. The average Bonchev–Trinajstić information content (AvgIpc) is 2.66. The number of anilines is 1. The molecule has 2 rings (SSSR count). The molecule has 9 heteroatoms. The van der Waals surface area contributed by atoms with E-state index in [0.29, 0.717) is 0 Å². The van der Waals surface area contributed by atoms with Gasteiger partial charge >= 0.3 is 5.69 Å². The monoisotopic (exact) mass is 285 g/mol. The lowest BCUT2D eigenvalue weighted by molar-refractivity contribution is -0.114. The Labute approximate surface area is 113 Å². The molecule has 2 heterocycles. The number of aliphatic hydroxyl groups excluding tert-OH is 3. The van der Waals surface area contributed by atoms with Gasteiger partial charge in [0, 0.05) is 13.1 Å².